The highest BCUT2D eigenvalue weighted by Crippen LogP contribution is 2.29. The quantitative estimate of drug-likeness (QED) is 0.836. The molecule has 120 valence electrons. The van der Waals surface area contributed by atoms with E-state index in [0.29, 0.717) is 4.90 Å². The zero-order valence-corrected chi connectivity index (χ0v) is 13.6. The van der Waals surface area contributed by atoms with Crippen molar-refractivity contribution in [3.05, 3.63) is 54.3 Å². The van der Waals surface area contributed by atoms with Crippen LogP contribution in [0.1, 0.15) is 12.8 Å². The Hall–Kier alpha value is -2.01. The average molecular weight is 330 g/mol. The van der Waals surface area contributed by atoms with E-state index < -0.39 is 0 Å². The molecule has 0 unspecified atom stereocenters. The van der Waals surface area contributed by atoms with Crippen LogP contribution in [-0.4, -0.2) is 24.7 Å². The van der Waals surface area contributed by atoms with Gasteiger partial charge in [0.2, 0.25) is 5.91 Å². The molecule has 1 saturated heterocycles. The maximum atomic E-state index is 13.6. The van der Waals surface area contributed by atoms with E-state index in [-0.39, 0.29) is 17.5 Å². The minimum atomic E-state index is -0.289. The molecule has 1 heterocycles. The summed E-state index contributed by atoms with van der Waals surface area (Å²) < 4.78 is 13.6. The number of anilines is 2. The standard InChI is InChI=1S/C18H19FN2OS/c19-14-7-1-4-10-17(14)23-13-18(22)20-15-8-2-3-9-16(15)21-11-5-6-12-21/h1-4,7-10H,5-6,11-13H2,(H,20,22). The van der Waals surface area contributed by atoms with Crippen LogP contribution < -0.4 is 10.2 Å². The molecule has 2 aromatic carbocycles. The zero-order valence-electron chi connectivity index (χ0n) is 12.8. The number of carbonyl (C=O) groups is 1. The molecule has 0 bridgehead atoms. The Morgan fingerprint density at radius 1 is 1.09 bits per heavy atom. The van der Waals surface area contributed by atoms with Gasteiger partial charge in [0.1, 0.15) is 5.82 Å². The van der Waals surface area contributed by atoms with Crippen molar-refractivity contribution in [2.24, 2.45) is 0 Å². The highest BCUT2D eigenvalue weighted by Gasteiger charge is 2.16. The van der Waals surface area contributed by atoms with Crippen molar-refractivity contribution in [1.82, 2.24) is 0 Å². The summed E-state index contributed by atoms with van der Waals surface area (Å²) in [6.45, 7) is 2.05. The van der Waals surface area contributed by atoms with Crippen molar-refractivity contribution in [3.8, 4) is 0 Å². The molecule has 1 aliphatic rings. The molecule has 5 heteroatoms. The summed E-state index contributed by atoms with van der Waals surface area (Å²) in [6, 6.07) is 14.4. The number of amides is 1. The third kappa shape index (κ3) is 4.05. The second kappa shape index (κ2) is 7.51. The third-order valence-electron chi connectivity index (χ3n) is 3.82. The smallest absolute Gasteiger partial charge is 0.234 e. The molecule has 0 atom stereocenters. The lowest BCUT2D eigenvalue weighted by Crippen LogP contribution is -2.21. The normalized spacial score (nSPS) is 14.0. The van der Waals surface area contributed by atoms with E-state index in [4.69, 9.17) is 0 Å². The van der Waals surface area contributed by atoms with Gasteiger partial charge in [-0.3, -0.25) is 4.79 Å². The predicted molar refractivity (Wildman–Crippen MR) is 93.6 cm³/mol. The highest BCUT2D eigenvalue weighted by atomic mass is 32.2. The molecule has 3 rings (SSSR count). The Morgan fingerprint density at radius 3 is 2.57 bits per heavy atom. The number of hydrogen-bond donors (Lipinski definition) is 1. The lowest BCUT2D eigenvalue weighted by Gasteiger charge is -2.21. The first kappa shape index (κ1) is 15.9. The van der Waals surface area contributed by atoms with Gasteiger partial charge < -0.3 is 10.2 Å². The molecule has 1 amide bonds. The van der Waals surface area contributed by atoms with Gasteiger partial charge in [-0.25, -0.2) is 4.39 Å². The number of para-hydroxylation sites is 2. The number of thioether (sulfide) groups is 1. The average Bonchev–Trinajstić information content (AvgIpc) is 3.09. The molecule has 1 aliphatic heterocycles. The van der Waals surface area contributed by atoms with E-state index in [9.17, 15) is 9.18 Å². The number of benzene rings is 2. The second-order valence-corrected chi connectivity index (χ2v) is 6.50. The van der Waals surface area contributed by atoms with E-state index in [1.54, 1.807) is 18.2 Å². The molecule has 1 N–H and O–H groups in total. The van der Waals surface area contributed by atoms with Crippen molar-refractivity contribution in [1.29, 1.82) is 0 Å². The largest absolute Gasteiger partial charge is 0.370 e. The summed E-state index contributed by atoms with van der Waals surface area (Å²) >= 11 is 1.21. The van der Waals surface area contributed by atoms with Gasteiger partial charge in [-0.1, -0.05) is 24.3 Å². The van der Waals surface area contributed by atoms with Gasteiger partial charge in [-0.15, -0.1) is 11.8 Å². The molecule has 23 heavy (non-hydrogen) atoms. The van der Waals surface area contributed by atoms with Gasteiger partial charge in [-0.05, 0) is 37.1 Å². The molecular weight excluding hydrogens is 311 g/mol. The Bertz CT molecular complexity index is 686. The molecule has 0 aromatic heterocycles. The van der Waals surface area contributed by atoms with Gasteiger partial charge in [0.05, 0.1) is 17.1 Å². The minimum absolute atomic E-state index is 0.120. The number of carbonyl (C=O) groups excluding carboxylic acids is 1. The Morgan fingerprint density at radius 2 is 1.78 bits per heavy atom. The van der Waals surface area contributed by atoms with Crippen LogP contribution >= 0.6 is 11.8 Å². The van der Waals surface area contributed by atoms with Crippen molar-refractivity contribution in [2.75, 3.05) is 29.1 Å². The van der Waals surface area contributed by atoms with Gasteiger partial charge in [0, 0.05) is 18.0 Å². The number of rotatable bonds is 5. The lowest BCUT2D eigenvalue weighted by atomic mass is 10.2. The summed E-state index contributed by atoms with van der Waals surface area (Å²) in [6.07, 6.45) is 2.37. The first-order valence-electron chi connectivity index (χ1n) is 7.75. The fraction of sp³-hybridized carbons (Fsp3) is 0.278. The van der Waals surface area contributed by atoms with Crippen LogP contribution in [0.4, 0.5) is 15.8 Å². The highest BCUT2D eigenvalue weighted by molar-refractivity contribution is 8.00. The van der Waals surface area contributed by atoms with Gasteiger partial charge in [0.15, 0.2) is 0 Å². The molecule has 0 saturated carbocycles. The topological polar surface area (TPSA) is 32.3 Å². The molecule has 2 aromatic rings. The van der Waals surface area contributed by atoms with Crippen molar-refractivity contribution >= 4 is 29.0 Å². The van der Waals surface area contributed by atoms with E-state index in [2.05, 4.69) is 10.2 Å². The maximum absolute atomic E-state index is 13.6. The minimum Gasteiger partial charge on any atom is -0.370 e. The van der Waals surface area contributed by atoms with Crippen LogP contribution in [0.5, 0.6) is 0 Å². The maximum Gasteiger partial charge on any atom is 0.234 e. The van der Waals surface area contributed by atoms with Gasteiger partial charge in [-0.2, -0.15) is 0 Å². The summed E-state index contributed by atoms with van der Waals surface area (Å²) in [7, 11) is 0. The first-order valence-corrected chi connectivity index (χ1v) is 8.74. The van der Waals surface area contributed by atoms with E-state index >= 15 is 0 Å². The van der Waals surface area contributed by atoms with E-state index in [1.807, 2.05) is 24.3 Å². The fourth-order valence-corrected chi connectivity index (χ4v) is 3.44. The van der Waals surface area contributed by atoms with Crippen molar-refractivity contribution in [3.63, 3.8) is 0 Å². The summed E-state index contributed by atoms with van der Waals surface area (Å²) in [5, 5.41) is 2.95. The zero-order chi connectivity index (χ0) is 16.1. The molecule has 1 fully saturated rings. The van der Waals surface area contributed by atoms with E-state index in [0.717, 1.165) is 24.5 Å². The molecular formula is C18H19FN2OS. The Labute approximate surface area is 139 Å². The third-order valence-corrected chi connectivity index (χ3v) is 4.87. The van der Waals surface area contributed by atoms with Crippen LogP contribution in [0, 0.1) is 5.82 Å². The Balaban J connectivity index is 1.63. The number of hydrogen-bond acceptors (Lipinski definition) is 3. The lowest BCUT2D eigenvalue weighted by molar-refractivity contribution is -0.113. The number of nitrogens with zero attached hydrogens (tertiary/aromatic N) is 1. The second-order valence-electron chi connectivity index (χ2n) is 5.48. The molecule has 0 spiro atoms. The van der Waals surface area contributed by atoms with Gasteiger partial charge >= 0.3 is 0 Å². The van der Waals surface area contributed by atoms with Crippen LogP contribution in [-0.2, 0) is 4.79 Å². The van der Waals surface area contributed by atoms with Crippen molar-refractivity contribution in [2.45, 2.75) is 17.7 Å². The van der Waals surface area contributed by atoms with Crippen LogP contribution in [0.3, 0.4) is 0 Å². The van der Waals surface area contributed by atoms with Crippen LogP contribution in [0.25, 0.3) is 0 Å². The monoisotopic (exact) mass is 330 g/mol. The first-order chi connectivity index (χ1) is 11.2. The number of halogens is 1. The molecule has 0 aliphatic carbocycles. The SMILES string of the molecule is O=C(CSc1ccccc1F)Nc1ccccc1N1CCCC1. The summed E-state index contributed by atoms with van der Waals surface area (Å²) in [4.78, 5) is 15.0. The fourth-order valence-electron chi connectivity index (χ4n) is 2.70. The van der Waals surface area contributed by atoms with Gasteiger partial charge in [0.25, 0.3) is 0 Å². The van der Waals surface area contributed by atoms with Crippen molar-refractivity contribution < 1.29 is 9.18 Å². The predicted octanol–water partition coefficient (Wildman–Crippen LogP) is 4.16. The number of nitrogens with one attached hydrogen (secondary N) is 1. The van der Waals surface area contributed by atoms with Crippen LogP contribution in [0.15, 0.2) is 53.4 Å². The molecule has 0 radical (unpaired) electrons. The van der Waals surface area contributed by atoms with Crippen LogP contribution in [0.2, 0.25) is 0 Å². The Kier molecular flexibility index (Phi) is 5.18. The molecule has 3 nitrogen and oxygen atoms in total. The summed E-state index contributed by atoms with van der Waals surface area (Å²) in [5.41, 5.74) is 1.89. The summed E-state index contributed by atoms with van der Waals surface area (Å²) in [5.74, 6) is -0.220. The van der Waals surface area contributed by atoms with E-state index in [1.165, 1.54) is 30.7 Å².